The summed E-state index contributed by atoms with van der Waals surface area (Å²) >= 11 is 0. The molecule has 5 heteroatoms. The number of quaternary nitrogens is 1. The third-order valence-electron chi connectivity index (χ3n) is 6.80. The Morgan fingerprint density at radius 3 is 2.55 bits per heavy atom. The second-order valence-electron chi connectivity index (χ2n) is 8.75. The molecule has 0 spiro atoms. The lowest BCUT2D eigenvalue weighted by Gasteiger charge is -2.23. The van der Waals surface area contributed by atoms with Crippen LogP contribution in [0, 0.1) is 0 Å². The van der Waals surface area contributed by atoms with Gasteiger partial charge in [0.05, 0.1) is 13.1 Å². The number of piperidine rings is 1. The molecule has 0 saturated carbocycles. The molecule has 4 N–H and O–H groups in total. The molecule has 5 rings (SSSR count). The zero-order valence-corrected chi connectivity index (χ0v) is 18.0. The molecular weight excluding hydrogens is 384 g/mol. The van der Waals surface area contributed by atoms with Gasteiger partial charge in [0.1, 0.15) is 36.8 Å². The van der Waals surface area contributed by atoms with Gasteiger partial charge in [0.25, 0.3) is 0 Å². The number of aromatic nitrogens is 2. The molecule has 31 heavy (non-hydrogen) atoms. The van der Waals surface area contributed by atoms with E-state index in [1.807, 2.05) is 30.3 Å². The van der Waals surface area contributed by atoms with Gasteiger partial charge in [-0.3, -0.25) is 5.73 Å². The number of benzene rings is 3. The zero-order chi connectivity index (χ0) is 21.2. The number of likely N-dealkylation sites (tertiary alicyclic amines) is 1. The van der Waals surface area contributed by atoms with Crippen LogP contribution in [0.2, 0.25) is 0 Å². The number of fused-ring (bicyclic) bond motifs is 2. The van der Waals surface area contributed by atoms with Crippen LogP contribution in [0.1, 0.15) is 30.9 Å². The van der Waals surface area contributed by atoms with Crippen LogP contribution in [-0.2, 0) is 13.1 Å². The summed E-state index contributed by atoms with van der Waals surface area (Å²) in [6, 6.07) is 22.7. The van der Waals surface area contributed by atoms with Gasteiger partial charge in [-0.1, -0.05) is 54.6 Å². The zero-order valence-electron chi connectivity index (χ0n) is 18.0. The number of nitrogens with two attached hydrogens (primary N) is 1. The highest BCUT2D eigenvalue weighted by atomic mass is 16.3. The second-order valence-corrected chi connectivity index (χ2v) is 8.75. The lowest BCUT2D eigenvalue weighted by atomic mass is 10.0. The lowest BCUT2D eigenvalue weighted by molar-refractivity contribution is -0.905. The number of anilines is 1. The molecule has 2 heterocycles. The number of imidazole rings is 1. The largest absolute Gasteiger partial charge is 0.385 e. The first-order valence-corrected chi connectivity index (χ1v) is 11.5. The monoisotopic (exact) mass is 416 g/mol. The molecule has 4 aromatic rings. The second kappa shape index (κ2) is 8.69. The molecule has 0 unspecified atom stereocenters. The third-order valence-corrected chi connectivity index (χ3v) is 6.80. The van der Waals surface area contributed by atoms with Crippen LogP contribution >= 0.6 is 0 Å². The fraction of sp³-hybridized carbons (Fsp3) is 0.346. The average molecular weight is 417 g/mol. The van der Waals surface area contributed by atoms with Crippen LogP contribution < -0.4 is 15.2 Å². The van der Waals surface area contributed by atoms with Crippen LogP contribution in [0.15, 0.2) is 66.7 Å². The molecule has 1 aromatic heterocycles. The molecule has 0 aliphatic carbocycles. The van der Waals surface area contributed by atoms with Gasteiger partial charge in [-0.2, -0.15) is 0 Å². The van der Waals surface area contributed by atoms with E-state index in [2.05, 4.69) is 45.5 Å². The number of aliphatic hydroxyl groups is 1. The summed E-state index contributed by atoms with van der Waals surface area (Å²) in [4.78, 5) is 1.67. The molecule has 1 aliphatic rings. The first-order valence-electron chi connectivity index (χ1n) is 11.5. The van der Waals surface area contributed by atoms with Gasteiger partial charge in [-0.25, -0.2) is 9.13 Å². The smallest absolute Gasteiger partial charge is 0.356 e. The Morgan fingerprint density at radius 1 is 0.935 bits per heavy atom. The van der Waals surface area contributed by atoms with Crippen molar-refractivity contribution >= 4 is 27.8 Å². The highest BCUT2D eigenvalue weighted by Crippen LogP contribution is 2.25. The molecule has 1 aliphatic heterocycles. The van der Waals surface area contributed by atoms with E-state index in [1.54, 1.807) is 4.90 Å². The maximum absolute atomic E-state index is 11.2. The van der Waals surface area contributed by atoms with Crippen molar-refractivity contribution in [1.82, 2.24) is 4.57 Å². The van der Waals surface area contributed by atoms with Crippen molar-refractivity contribution in [3.05, 3.63) is 72.3 Å². The number of nitrogens with zero attached hydrogens (tertiary/aromatic N) is 2. The van der Waals surface area contributed by atoms with Crippen molar-refractivity contribution < 1.29 is 14.6 Å². The van der Waals surface area contributed by atoms with Crippen molar-refractivity contribution in [2.24, 2.45) is 0 Å². The Morgan fingerprint density at radius 2 is 1.68 bits per heavy atom. The van der Waals surface area contributed by atoms with Gasteiger partial charge in [0, 0.05) is 0 Å². The van der Waals surface area contributed by atoms with Crippen molar-refractivity contribution in [2.45, 2.75) is 38.5 Å². The van der Waals surface area contributed by atoms with E-state index in [9.17, 15) is 5.11 Å². The summed E-state index contributed by atoms with van der Waals surface area (Å²) in [5, 5.41) is 13.4. The van der Waals surface area contributed by atoms with E-state index in [-0.39, 0.29) is 0 Å². The maximum Gasteiger partial charge on any atom is 0.356 e. The fourth-order valence-corrected chi connectivity index (χ4v) is 5.12. The minimum absolute atomic E-state index is 0.434. The van der Waals surface area contributed by atoms with E-state index in [0.29, 0.717) is 6.54 Å². The van der Waals surface area contributed by atoms with Crippen LogP contribution in [-0.4, -0.2) is 29.3 Å². The Hall–Kier alpha value is -2.89. The van der Waals surface area contributed by atoms with Crippen LogP contribution in [0.4, 0.5) is 5.95 Å². The topological polar surface area (TPSA) is 59.5 Å². The van der Waals surface area contributed by atoms with Crippen molar-refractivity contribution in [3.8, 4) is 0 Å². The SMILES string of the molecule is Nc1n(CC[NH+]2CCCCC2)c2ccccc2[n+]1C[C@H](O)c1cccc2ccccc12. The molecule has 3 aromatic carbocycles. The maximum atomic E-state index is 11.2. The van der Waals surface area contributed by atoms with E-state index in [4.69, 9.17) is 5.73 Å². The molecule has 1 saturated heterocycles. The van der Waals surface area contributed by atoms with Crippen molar-refractivity contribution in [1.29, 1.82) is 0 Å². The molecule has 1 fully saturated rings. The van der Waals surface area contributed by atoms with E-state index in [0.717, 1.165) is 46.4 Å². The summed E-state index contributed by atoms with van der Waals surface area (Å²) < 4.78 is 4.31. The van der Waals surface area contributed by atoms with Gasteiger partial charge >= 0.3 is 5.95 Å². The molecule has 0 radical (unpaired) electrons. The molecule has 0 bridgehead atoms. The van der Waals surface area contributed by atoms with Crippen LogP contribution in [0.25, 0.3) is 21.8 Å². The number of nitrogens with one attached hydrogen (secondary N) is 1. The van der Waals surface area contributed by atoms with Crippen molar-refractivity contribution in [2.75, 3.05) is 25.4 Å². The first kappa shape index (κ1) is 20.0. The highest BCUT2D eigenvalue weighted by molar-refractivity contribution is 5.86. The lowest BCUT2D eigenvalue weighted by Crippen LogP contribution is -3.13. The number of nitrogen functional groups attached to an aromatic ring is 1. The quantitative estimate of drug-likeness (QED) is 0.423. The van der Waals surface area contributed by atoms with Gasteiger partial charge in [-0.05, 0) is 47.7 Å². The number of para-hydroxylation sites is 2. The third kappa shape index (κ3) is 3.91. The normalized spacial score (nSPS) is 16.2. The molecule has 0 amide bonds. The minimum Gasteiger partial charge on any atom is -0.385 e. The van der Waals surface area contributed by atoms with Gasteiger partial charge < -0.3 is 10.0 Å². The van der Waals surface area contributed by atoms with Gasteiger partial charge in [0.15, 0.2) is 0 Å². The molecular formula is C26H32N4O+2. The highest BCUT2D eigenvalue weighted by Gasteiger charge is 2.25. The Labute approximate surface area is 183 Å². The van der Waals surface area contributed by atoms with E-state index < -0.39 is 6.10 Å². The Bertz CT molecular complexity index is 1190. The first-order chi connectivity index (χ1) is 15.2. The number of rotatable bonds is 6. The summed E-state index contributed by atoms with van der Waals surface area (Å²) in [5.74, 6) is 0.719. The number of hydrogen-bond donors (Lipinski definition) is 3. The molecule has 160 valence electrons. The van der Waals surface area contributed by atoms with E-state index >= 15 is 0 Å². The van der Waals surface area contributed by atoms with E-state index in [1.165, 1.54) is 32.4 Å². The van der Waals surface area contributed by atoms with Crippen LogP contribution in [0.3, 0.4) is 0 Å². The van der Waals surface area contributed by atoms with Crippen LogP contribution in [0.5, 0.6) is 0 Å². The summed E-state index contributed by atoms with van der Waals surface area (Å²) in [7, 11) is 0. The summed E-state index contributed by atoms with van der Waals surface area (Å²) in [6.45, 7) is 4.95. The minimum atomic E-state index is -0.634. The Kier molecular flexibility index (Phi) is 5.62. The summed E-state index contributed by atoms with van der Waals surface area (Å²) in [6.07, 6.45) is 3.39. The standard InChI is InChI=1S/C26H30N4O/c27-26-29(18-17-28-15-6-1-7-16-28)23-13-4-5-14-24(23)30(26)19-25(31)22-12-8-10-20-9-2-3-11-21(20)22/h2-5,8-14,25,27,31H,1,6-7,15-19H2/p+2/t25-/m0/s1. The molecule has 1 atom stereocenters. The number of hydrogen-bond acceptors (Lipinski definition) is 2. The van der Waals surface area contributed by atoms with Gasteiger partial charge in [0.2, 0.25) is 0 Å². The predicted octanol–water partition coefficient (Wildman–Crippen LogP) is 2.47. The fourth-order valence-electron chi connectivity index (χ4n) is 5.12. The molecule has 5 nitrogen and oxygen atoms in total. The number of aliphatic hydroxyl groups excluding tert-OH is 1. The van der Waals surface area contributed by atoms with Crippen molar-refractivity contribution in [3.63, 3.8) is 0 Å². The predicted molar refractivity (Wildman–Crippen MR) is 125 cm³/mol. The van der Waals surface area contributed by atoms with Gasteiger partial charge in [-0.15, -0.1) is 0 Å². The average Bonchev–Trinajstić information content (AvgIpc) is 3.08. The summed E-state index contributed by atoms with van der Waals surface area (Å²) in [5.41, 5.74) is 9.84. The Balaban J connectivity index is 1.46.